The number of anilines is 2. The van der Waals surface area contributed by atoms with Gasteiger partial charge in [-0.3, -0.25) is 4.79 Å². The molecular weight excluding hydrogens is 291 g/mol. The van der Waals surface area contributed by atoms with Crippen molar-refractivity contribution in [2.75, 3.05) is 10.6 Å². The molecule has 1 heterocycles. The summed E-state index contributed by atoms with van der Waals surface area (Å²) in [6, 6.07) is 9.94. The van der Waals surface area contributed by atoms with Crippen molar-refractivity contribution in [3.8, 4) is 0 Å². The van der Waals surface area contributed by atoms with E-state index in [0.717, 1.165) is 22.5 Å². The lowest BCUT2D eigenvalue weighted by Crippen LogP contribution is -2.07. The number of fused-ring (bicyclic) bond motifs is 1. The molecule has 3 nitrogen and oxygen atoms in total. The van der Waals surface area contributed by atoms with Gasteiger partial charge in [0.2, 0.25) is 5.91 Å². The SMILES string of the molecule is CC(Nc1cc2c(cc1Cl)NC(=O)C2)c1cccc(F)c1. The van der Waals surface area contributed by atoms with Crippen molar-refractivity contribution >= 4 is 28.9 Å². The van der Waals surface area contributed by atoms with Crippen LogP contribution in [0.3, 0.4) is 0 Å². The summed E-state index contributed by atoms with van der Waals surface area (Å²) in [6.45, 7) is 1.93. The van der Waals surface area contributed by atoms with Crippen LogP contribution in [0.5, 0.6) is 0 Å². The van der Waals surface area contributed by atoms with Gasteiger partial charge < -0.3 is 10.6 Å². The first-order valence-electron chi connectivity index (χ1n) is 6.67. The Bertz CT molecular complexity index is 717. The first-order chi connectivity index (χ1) is 10.0. The number of hydrogen-bond acceptors (Lipinski definition) is 2. The highest BCUT2D eigenvalue weighted by Gasteiger charge is 2.20. The molecular formula is C16H14ClFN2O. The number of benzene rings is 2. The van der Waals surface area contributed by atoms with Gasteiger partial charge in [0.1, 0.15) is 5.82 Å². The van der Waals surface area contributed by atoms with Crippen molar-refractivity contribution in [3.63, 3.8) is 0 Å². The molecule has 0 radical (unpaired) electrons. The van der Waals surface area contributed by atoms with E-state index >= 15 is 0 Å². The fraction of sp³-hybridized carbons (Fsp3) is 0.188. The monoisotopic (exact) mass is 304 g/mol. The summed E-state index contributed by atoms with van der Waals surface area (Å²) in [5.74, 6) is -0.299. The minimum absolute atomic E-state index is 0.0311. The van der Waals surface area contributed by atoms with Crippen LogP contribution in [0.25, 0.3) is 0 Å². The Morgan fingerprint density at radius 2 is 2.14 bits per heavy atom. The maximum Gasteiger partial charge on any atom is 0.228 e. The van der Waals surface area contributed by atoms with E-state index in [2.05, 4.69) is 10.6 Å². The van der Waals surface area contributed by atoms with Crippen LogP contribution in [0.4, 0.5) is 15.8 Å². The molecule has 1 unspecified atom stereocenters. The van der Waals surface area contributed by atoms with E-state index in [1.807, 2.05) is 19.1 Å². The van der Waals surface area contributed by atoms with Gasteiger partial charge in [-0.25, -0.2) is 4.39 Å². The molecule has 0 aliphatic carbocycles. The van der Waals surface area contributed by atoms with Crippen molar-refractivity contribution < 1.29 is 9.18 Å². The fourth-order valence-electron chi connectivity index (χ4n) is 2.45. The molecule has 3 rings (SSSR count). The molecule has 0 saturated heterocycles. The molecule has 0 aromatic heterocycles. The second-order valence-corrected chi connectivity index (χ2v) is 5.54. The van der Waals surface area contributed by atoms with Gasteiger partial charge in [-0.1, -0.05) is 23.7 Å². The van der Waals surface area contributed by atoms with E-state index in [1.54, 1.807) is 12.1 Å². The Hall–Kier alpha value is -2.07. The van der Waals surface area contributed by atoms with Crippen molar-refractivity contribution in [1.82, 2.24) is 0 Å². The molecule has 1 amide bonds. The Kier molecular flexibility index (Phi) is 3.55. The summed E-state index contributed by atoms with van der Waals surface area (Å²) in [7, 11) is 0. The lowest BCUT2D eigenvalue weighted by Gasteiger charge is -2.17. The molecule has 1 aliphatic rings. The standard InChI is InChI=1S/C16H14ClFN2O/c1-9(10-3-2-4-12(18)5-10)19-15-6-11-7-16(21)20-14(11)8-13(15)17/h2-6,8-9,19H,7H2,1H3,(H,20,21). The highest BCUT2D eigenvalue weighted by molar-refractivity contribution is 6.33. The zero-order chi connectivity index (χ0) is 15.0. The van der Waals surface area contributed by atoms with Crippen LogP contribution in [-0.4, -0.2) is 5.91 Å². The van der Waals surface area contributed by atoms with Crippen LogP contribution in [-0.2, 0) is 11.2 Å². The second kappa shape index (κ2) is 5.37. The number of amides is 1. The molecule has 2 aromatic rings. The molecule has 0 spiro atoms. The number of rotatable bonds is 3. The van der Waals surface area contributed by atoms with Crippen LogP contribution >= 0.6 is 11.6 Å². The second-order valence-electron chi connectivity index (χ2n) is 5.14. The smallest absolute Gasteiger partial charge is 0.228 e. The van der Waals surface area contributed by atoms with Gasteiger partial charge in [0.25, 0.3) is 0 Å². The van der Waals surface area contributed by atoms with Crippen molar-refractivity contribution in [3.05, 3.63) is 58.4 Å². The van der Waals surface area contributed by atoms with Gasteiger partial charge in [-0.2, -0.15) is 0 Å². The fourth-order valence-corrected chi connectivity index (χ4v) is 2.67. The molecule has 2 aromatic carbocycles. The third-order valence-corrected chi connectivity index (χ3v) is 3.85. The molecule has 0 fully saturated rings. The first-order valence-corrected chi connectivity index (χ1v) is 7.05. The highest BCUT2D eigenvalue weighted by atomic mass is 35.5. The van der Waals surface area contributed by atoms with Crippen LogP contribution < -0.4 is 10.6 Å². The molecule has 21 heavy (non-hydrogen) atoms. The number of nitrogens with one attached hydrogen (secondary N) is 2. The largest absolute Gasteiger partial charge is 0.377 e. The van der Waals surface area contributed by atoms with Gasteiger partial charge in [-0.05, 0) is 42.3 Å². The molecule has 0 saturated carbocycles. The average molecular weight is 305 g/mol. The van der Waals surface area contributed by atoms with E-state index < -0.39 is 0 Å². The Morgan fingerprint density at radius 3 is 2.90 bits per heavy atom. The van der Waals surface area contributed by atoms with Gasteiger partial charge in [0, 0.05) is 11.7 Å². The van der Waals surface area contributed by atoms with Gasteiger partial charge in [-0.15, -0.1) is 0 Å². The minimum atomic E-state index is -0.268. The van der Waals surface area contributed by atoms with Gasteiger partial charge in [0.15, 0.2) is 0 Å². The van der Waals surface area contributed by atoms with Gasteiger partial charge >= 0.3 is 0 Å². The van der Waals surface area contributed by atoms with E-state index in [-0.39, 0.29) is 17.8 Å². The molecule has 1 atom stereocenters. The molecule has 5 heteroatoms. The Morgan fingerprint density at radius 1 is 1.33 bits per heavy atom. The van der Waals surface area contributed by atoms with E-state index in [9.17, 15) is 9.18 Å². The zero-order valence-electron chi connectivity index (χ0n) is 11.4. The number of hydrogen-bond donors (Lipinski definition) is 2. The molecule has 108 valence electrons. The topological polar surface area (TPSA) is 41.1 Å². The first kappa shape index (κ1) is 13.9. The predicted octanol–water partition coefficient (Wildman–Crippen LogP) is 4.15. The van der Waals surface area contributed by atoms with E-state index in [4.69, 9.17) is 11.6 Å². The summed E-state index contributed by atoms with van der Waals surface area (Å²) >= 11 is 6.23. The lowest BCUT2D eigenvalue weighted by molar-refractivity contribution is -0.115. The predicted molar refractivity (Wildman–Crippen MR) is 82.2 cm³/mol. The van der Waals surface area contributed by atoms with Crippen LogP contribution in [0.2, 0.25) is 5.02 Å². The maximum absolute atomic E-state index is 13.3. The lowest BCUT2D eigenvalue weighted by atomic mass is 10.1. The van der Waals surface area contributed by atoms with Crippen molar-refractivity contribution in [2.45, 2.75) is 19.4 Å². The minimum Gasteiger partial charge on any atom is -0.377 e. The van der Waals surface area contributed by atoms with Gasteiger partial charge in [0.05, 0.1) is 17.1 Å². The Labute approximate surface area is 127 Å². The highest BCUT2D eigenvalue weighted by Crippen LogP contribution is 2.34. The summed E-state index contributed by atoms with van der Waals surface area (Å²) in [4.78, 5) is 11.4. The van der Waals surface area contributed by atoms with E-state index in [1.165, 1.54) is 12.1 Å². The molecule has 1 aliphatic heterocycles. The average Bonchev–Trinajstić information content (AvgIpc) is 2.78. The van der Waals surface area contributed by atoms with Crippen LogP contribution in [0, 0.1) is 5.82 Å². The zero-order valence-corrected chi connectivity index (χ0v) is 12.2. The quantitative estimate of drug-likeness (QED) is 0.894. The number of halogens is 2. The Balaban J connectivity index is 1.85. The van der Waals surface area contributed by atoms with Crippen molar-refractivity contribution in [2.24, 2.45) is 0 Å². The van der Waals surface area contributed by atoms with Crippen LogP contribution in [0.1, 0.15) is 24.1 Å². The van der Waals surface area contributed by atoms with E-state index in [0.29, 0.717) is 11.4 Å². The number of carbonyl (C=O) groups is 1. The summed E-state index contributed by atoms with van der Waals surface area (Å²) in [5, 5.41) is 6.54. The molecule has 0 bridgehead atoms. The number of carbonyl (C=O) groups excluding carboxylic acids is 1. The van der Waals surface area contributed by atoms with Crippen molar-refractivity contribution in [1.29, 1.82) is 0 Å². The summed E-state index contributed by atoms with van der Waals surface area (Å²) < 4.78 is 13.3. The summed E-state index contributed by atoms with van der Waals surface area (Å²) in [6.07, 6.45) is 0.357. The third-order valence-electron chi connectivity index (χ3n) is 3.54. The molecule has 2 N–H and O–H groups in total. The third kappa shape index (κ3) is 2.85. The maximum atomic E-state index is 13.3. The summed E-state index contributed by atoms with van der Waals surface area (Å²) in [5.41, 5.74) is 3.25. The van der Waals surface area contributed by atoms with Crippen LogP contribution in [0.15, 0.2) is 36.4 Å². The normalized spacial score (nSPS) is 14.5.